The van der Waals surface area contributed by atoms with Gasteiger partial charge in [0.2, 0.25) is 0 Å². The zero-order valence-electron chi connectivity index (χ0n) is 16.4. The van der Waals surface area contributed by atoms with Crippen molar-refractivity contribution in [3.63, 3.8) is 0 Å². The first-order valence-electron chi connectivity index (χ1n) is 9.68. The van der Waals surface area contributed by atoms with Crippen molar-refractivity contribution < 1.29 is 4.79 Å². The number of hydrogen-bond acceptors (Lipinski definition) is 4. The minimum Gasteiger partial charge on any atom is -0.338 e. The normalized spacial score (nSPS) is 17.8. The van der Waals surface area contributed by atoms with E-state index in [0.717, 1.165) is 46.7 Å². The monoisotopic (exact) mass is 382 g/mol. The summed E-state index contributed by atoms with van der Waals surface area (Å²) in [6, 6.07) is 6.33. The summed E-state index contributed by atoms with van der Waals surface area (Å²) in [4.78, 5) is 22.6. The first-order chi connectivity index (χ1) is 12.9. The van der Waals surface area contributed by atoms with E-state index in [9.17, 15) is 4.79 Å². The standard InChI is InChI=1S/C21H26N4OS/c1-13(2)25-20-17(11-22-25)16(21(26)24-9-5-6-14(3)12-24)10-18(23-20)19-8-7-15(4)27-19/h7-8,10-11,13-14H,5-6,9,12H2,1-4H3. The van der Waals surface area contributed by atoms with Crippen LogP contribution in [0.4, 0.5) is 0 Å². The van der Waals surface area contributed by atoms with Crippen LogP contribution in [-0.2, 0) is 0 Å². The van der Waals surface area contributed by atoms with Gasteiger partial charge in [-0.25, -0.2) is 9.67 Å². The number of hydrogen-bond donors (Lipinski definition) is 0. The second-order valence-corrected chi connectivity index (χ2v) is 9.17. The fraction of sp³-hybridized carbons (Fsp3) is 0.476. The van der Waals surface area contributed by atoms with E-state index in [1.165, 1.54) is 11.3 Å². The molecule has 0 aromatic carbocycles. The van der Waals surface area contributed by atoms with E-state index in [0.29, 0.717) is 5.92 Å². The molecule has 4 rings (SSSR count). The number of rotatable bonds is 3. The van der Waals surface area contributed by atoms with Gasteiger partial charge in [0.25, 0.3) is 5.91 Å². The van der Waals surface area contributed by atoms with Crippen LogP contribution in [0, 0.1) is 12.8 Å². The Balaban J connectivity index is 1.86. The van der Waals surface area contributed by atoms with Crippen molar-refractivity contribution in [2.24, 2.45) is 5.92 Å². The average molecular weight is 383 g/mol. The van der Waals surface area contributed by atoms with Crippen LogP contribution < -0.4 is 0 Å². The molecule has 1 fully saturated rings. The molecule has 1 amide bonds. The van der Waals surface area contributed by atoms with Gasteiger partial charge in [-0.3, -0.25) is 4.79 Å². The van der Waals surface area contributed by atoms with Gasteiger partial charge in [0.1, 0.15) is 0 Å². The summed E-state index contributed by atoms with van der Waals surface area (Å²) < 4.78 is 1.91. The Hall–Kier alpha value is -2.21. The van der Waals surface area contributed by atoms with Crippen LogP contribution in [0.1, 0.15) is 54.9 Å². The van der Waals surface area contributed by atoms with E-state index < -0.39 is 0 Å². The van der Waals surface area contributed by atoms with E-state index in [1.54, 1.807) is 17.5 Å². The number of carbonyl (C=O) groups is 1. The molecule has 3 aromatic heterocycles. The minimum atomic E-state index is 0.104. The molecule has 1 atom stereocenters. The minimum absolute atomic E-state index is 0.104. The number of likely N-dealkylation sites (tertiary alicyclic amines) is 1. The third-order valence-corrected chi connectivity index (χ3v) is 6.25. The summed E-state index contributed by atoms with van der Waals surface area (Å²) in [5.74, 6) is 0.657. The van der Waals surface area contributed by atoms with Crippen molar-refractivity contribution in [3.05, 3.63) is 34.8 Å². The van der Waals surface area contributed by atoms with Gasteiger partial charge in [-0.15, -0.1) is 11.3 Å². The fourth-order valence-corrected chi connectivity index (χ4v) is 4.64. The van der Waals surface area contributed by atoms with Crippen LogP contribution in [0.25, 0.3) is 21.6 Å². The maximum Gasteiger partial charge on any atom is 0.254 e. The van der Waals surface area contributed by atoms with E-state index >= 15 is 0 Å². The number of pyridine rings is 1. The summed E-state index contributed by atoms with van der Waals surface area (Å²) >= 11 is 1.71. The number of thiophene rings is 1. The van der Waals surface area contributed by atoms with Crippen LogP contribution in [0.15, 0.2) is 24.4 Å². The second-order valence-electron chi connectivity index (χ2n) is 7.88. The smallest absolute Gasteiger partial charge is 0.254 e. The quantitative estimate of drug-likeness (QED) is 0.646. The molecule has 0 radical (unpaired) electrons. The van der Waals surface area contributed by atoms with Crippen LogP contribution in [0.3, 0.4) is 0 Å². The highest BCUT2D eigenvalue weighted by Gasteiger charge is 2.26. The molecule has 3 aromatic rings. The number of aromatic nitrogens is 3. The first-order valence-corrected chi connectivity index (χ1v) is 10.5. The summed E-state index contributed by atoms with van der Waals surface area (Å²) in [6.07, 6.45) is 4.07. The Morgan fingerprint density at radius 2 is 2.15 bits per heavy atom. The predicted molar refractivity (Wildman–Crippen MR) is 110 cm³/mol. The van der Waals surface area contributed by atoms with Crippen molar-refractivity contribution in [2.75, 3.05) is 13.1 Å². The summed E-state index contributed by atoms with van der Waals surface area (Å²) in [6.45, 7) is 10.1. The predicted octanol–water partition coefficient (Wildman–Crippen LogP) is 4.92. The van der Waals surface area contributed by atoms with Crippen LogP contribution in [-0.4, -0.2) is 38.7 Å². The van der Waals surface area contributed by atoms with Gasteiger partial charge in [0, 0.05) is 24.0 Å². The number of aryl methyl sites for hydroxylation is 1. The molecule has 0 spiro atoms. The summed E-state index contributed by atoms with van der Waals surface area (Å²) in [5, 5.41) is 5.38. The lowest BCUT2D eigenvalue weighted by atomic mass is 9.99. The molecule has 0 bridgehead atoms. The second kappa shape index (κ2) is 7.08. The van der Waals surface area contributed by atoms with Gasteiger partial charge in [0.15, 0.2) is 5.65 Å². The molecule has 4 heterocycles. The van der Waals surface area contributed by atoms with Crippen LogP contribution >= 0.6 is 11.3 Å². The van der Waals surface area contributed by atoms with Crippen LogP contribution in [0.2, 0.25) is 0 Å². The third kappa shape index (κ3) is 3.38. The Morgan fingerprint density at radius 3 is 2.81 bits per heavy atom. The third-order valence-electron chi connectivity index (χ3n) is 5.22. The van der Waals surface area contributed by atoms with E-state index in [-0.39, 0.29) is 11.9 Å². The molecule has 1 unspecified atom stereocenters. The number of nitrogens with zero attached hydrogens (tertiary/aromatic N) is 4. The average Bonchev–Trinajstić information content (AvgIpc) is 3.26. The molecular weight excluding hydrogens is 356 g/mol. The van der Waals surface area contributed by atoms with Gasteiger partial charge in [-0.05, 0) is 57.7 Å². The van der Waals surface area contributed by atoms with Crippen molar-refractivity contribution in [1.29, 1.82) is 0 Å². The highest BCUT2D eigenvalue weighted by atomic mass is 32.1. The SMILES string of the molecule is Cc1ccc(-c2cc(C(=O)N3CCCC(C)C3)c3cnn(C(C)C)c3n2)s1. The topological polar surface area (TPSA) is 51.0 Å². The van der Waals surface area contributed by atoms with Gasteiger partial charge < -0.3 is 4.90 Å². The number of carbonyl (C=O) groups excluding carboxylic acids is 1. The Morgan fingerprint density at radius 1 is 1.33 bits per heavy atom. The molecule has 6 heteroatoms. The van der Waals surface area contributed by atoms with Gasteiger partial charge in [-0.1, -0.05) is 6.92 Å². The number of amides is 1. The molecule has 0 saturated carbocycles. The van der Waals surface area contributed by atoms with Gasteiger partial charge in [0.05, 0.1) is 27.7 Å². The van der Waals surface area contributed by atoms with Gasteiger partial charge >= 0.3 is 0 Å². The molecule has 27 heavy (non-hydrogen) atoms. The van der Waals surface area contributed by atoms with E-state index in [2.05, 4.69) is 44.9 Å². The van der Waals surface area contributed by atoms with Crippen molar-refractivity contribution in [1.82, 2.24) is 19.7 Å². The van der Waals surface area contributed by atoms with E-state index in [1.807, 2.05) is 15.6 Å². The molecule has 1 saturated heterocycles. The number of piperidine rings is 1. The van der Waals surface area contributed by atoms with Crippen molar-refractivity contribution in [2.45, 2.75) is 46.6 Å². The van der Waals surface area contributed by atoms with Gasteiger partial charge in [-0.2, -0.15) is 5.10 Å². The molecule has 0 aliphatic carbocycles. The Labute approximate surface area is 164 Å². The molecular formula is C21H26N4OS. The molecule has 5 nitrogen and oxygen atoms in total. The van der Waals surface area contributed by atoms with Crippen molar-refractivity contribution >= 4 is 28.3 Å². The lowest BCUT2D eigenvalue weighted by Crippen LogP contribution is -2.39. The lowest BCUT2D eigenvalue weighted by Gasteiger charge is -2.31. The summed E-state index contributed by atoms with van der Waals surface area (Å²) in [7, 11) is 0. The van der Waals surface area contributed by atoms with E-state index in [4.69, 9.17) is 4.98 Å². The first kappa shape index (κ1) is 18.2. The molecule has 1 aliphatic rings. The van der Waals surface area contributed by atoms with Crippen LogP contribution in [0.5, 0.6) is 0 Å². The molecule has 0 N–H and O–H groups in total. The maximum atomic E-state index is 13.4. The number of fused-ring (bicyclic) bond motifs is 1. The zero-order valence-corrected chi connectivity index (χ0v) is 17.2. The fourth-order valence-electron chi connectivity index (χ4n) is 3.82. The maximum absolute atomic E-state index is 13.4. The highest BCUT2D eigenvalue weighted by Crippen LogP contribution is 2.31. The molecule has 142 valence electrons. The largest absolute Gasteiger partial charge is 0.338 e. The molecule has 1 aliphatic heterocycles. The zero-order chi connectivity index (χ0) is 19.1. The summed E-state index contributed by atoms with van der Waals surface area (Å²) in [5.41, 5.74) is 2.38. The lowest BCUT2D eigenvalue weighted by molar-refractivity contribution is 0.0685. The Kier molecular flexibility index (Phi) is 4.76. The highest BCUT2D eigenvalue weighted by molar-refractivity contribution is 7.15. The Bertz CT molecular complexity index is 987. The van der Waals surface area contributed by atoms with Crippen molar-refractivity contribution in [3.8, 4) is 10.6 Å².